The van der Waals surface area contributed by atoms with Gasteiger partial charge in [0.25, 0.3) is 0 Å². The second kappa shape index (κ2) is 28.9. The number of aromatic amines is 2. The summed E-state index contributed by atoms with van der Waals surface area (Å²) in [5, 5.41) is 11.8. The zero-order valence-electron chi connectivity index (χ0n) is 40.0. The van der Waals surface area contributed by atoms with Crippen molar-refractivity contribution in [1.82, 2.24) is 25.9 Å². The van der Waals surface area contributed by atoms with Crippen molar-refractivity contribution in [2.24, 2.45) is 28.2 Å². The van der Waals surface area contributed by atoms with E-state index in [1.54, 1.807) is 6.92 Å². The van der Waals surface area contributed by atoms with Gasteiger partial charge in [-0.3, -0.25) is 24.0 Å². The van der Waals surface area contributed by atoms with E-state index in [0.29, 0.717) is 25.7 Å². The second-order valence-corrected chi connectivity index (χ2v) is 18.9. The molecule has 4 rings (SSSR count). The van der Waals surface area contributed by atoms with Crippen molar-refractivity contribution >= 4 is 51.1 Å². The number of ketones is 2. The van der Waals surface area contributed by atoms with Crippen LogP contribution in [0.25, 0.3) is 21.8 Å². The molecular weight excluding hydrogens is 1160 g/mol. The van der Waals surface area contributed by atoms with Crippen LogP contribution in [0.3, 0.4) is 0 Å². The third-order valence-electron chi connectivity index (χ3n) is 10.5. The van der Waals surface area contributed by atoms with Gasteiger partial charge in [0, 0.05) is 130 Å². The molecule has 0 aliphatic carbocycles. The van der Waals surface area contributed by atoms with Gasteiger partial charge in [0.1, 0.15) is 5.78 Å². The Labute approximate surface area is 418 Å². The number of carbonyl (C=O) groups excluding carboxylic acids is 5. The van der Waals surface area contributed by atoms with E-state index in [1.165, 1.54) is 0 Å². The molecule has 360 valence electrons. The molecule has 4 aromatic rings. The Morgan fingerprint density at radius 3 is 1.57 bits per heavy atom. The molecule has 14 heteroatoms. The van der Waals surface area contributed by atoms with Crippen LogP contribution in [0.1, 0.15) is 120 Å². The average Bonchev–Trinajstić information content (AvgIpc) is 3.80. The molecule has 0 radical (unpaired) electrons. The monoisotopic (exact) mass is 1240 g/mol. The molecule has 2 heterocycles. The van der Waals surface area contributed by atoms with Gasteiger partial charge in [-0.1, -0.05) is 111 Å². The SMILES string of the molecule is C.C=C.CC(C)N[C@@](C)(CCC(N)=O)C(=O)N[C@@H](Cc1c[nH]c2ccccc12)C(=O)C(C)(C)C.CC(C)N[C@H](/C=C/[C@@H](Cc1c[nH]c2ccccc12)C(=O)C(C)(C)C)CCC(N)=O.[W].[W]. The van der Waals surface area contributed by atoms with Gasteiger partial charge >= 0.3 is 0 Å². The zero-order valence-corrected chi connectivity index (χ0v) is 45.9. The van der Waals surface area contributed by atoms with Crippen molar-refractivity contribution in [2.45, 2.75) is 152 Å². The topological polar surface area (TPSA) is 205 Å². The predicted molar refractivity (Wildman–Crippen MR) is 261 cm³/mol. The molecule has 12 nitrogen and oxygen atoms in total. The number of fused-ring (bicyclic) bond motifs is 2. The molecule has 0 saturated carbocycles. The number of Topliss-reactive ketones (excluding diaryl/α,β-unsaturated/α-hetero) is 2. The first-order valence-corrected chi connectivity index (χ1v) is 21.7. The number of aromatic nitrogens is 2. The number of allylic oxidation sites excluding steroid dienone is 1. The third kappa shape index (κ3) is 20.6. The van der Waals surface area contributed by atoms with Crippen LogP contribution in [-0.2, 0) is 78.9 Å². The normalized spacial score (nSPS) is 13.7. The van der Waals surface area contributed by atoms with Crippen LogP contribution in [0.5, 0.6) is 0 Å². The van der Waals surface area contributed by atoms with Crippen LogP contribution >= 0.6 is 0 Å². The number of carbonyl (C=O) groups is 5. The summed E-state index contributed by atoms with van der Waals surface area (Å²) in [5.41, 5.74) is 12.7. The summed E-state index contributed by atoms with van der Waals surface area (Å²) in [5.74, 6) is -1.17. The Kier molecular flexibility index (Phi) is 28.1. The van der Waals surface area contributed by atoms with Crippen molar-refractivity contribution < 1.29 is 66.1 Å². The number of nitrogens with one attached hydrogen (secondary N) is 5. The molecule has 65 heavy (non-hydrogen) atoms. The van der Waals surface area contributed by atoms with Crippen molar-refractivity contribution in [3.8, 4) is 0 Å². The number of hydrogen-bond donors (Lipinski definition) is 7. The zero-order chi connectivity index (χ0) is 47.0. The van der Waals surface area contributed by atoms with Gasteiger partial charge in [0.05, 0.1) is 11.6 Å². The molecule has 3 amide bonds. The molecule has 9 N–H and O–H groups in total. The van der Waals surface area contributed by atoms with Crippen LogP contribution in [0.4, 0.5) is 0 Å². The smallest absolute Gasteiger partial charge is 0.240 e. The largest absolute Gasteiger partial charge is 0.370 e. The minimum Gasteiger partial charge on any atom is -0.370 e. The number of rotatable bonds is 20. The molecule has 2 aromatic carbocycles. The van der Waals surface area contributed by atoms with Crippen molar-refractivity contribution in [2.75, 3.05) is 0 Å². The molecule has 0 unspecified atom stereocenters. The van der Waals surface area contributed by atoms with Crippen molar-refractivity contribution in [1.29, 1.82) is 0 Å². The fourth-order valence-corrected chi connectivity index (χ4v) is 7.40. The van der Waals surface area contributed by atoms with E-state index in [0.717, 1.165) is 32.9 Å². The van der Waals surface area contributed by atoms with E-state index < -0.39 is 28.3 Å². The fourth-order valence-electron chi connectivity index (χ4n) is 7.40. The third-order valence-corrected chi connectivity index (χ3v) is 10.5. The van der Waals surface area contributed by atoms with Crippen LogP contribution in [0.15, 0.2) is 86.2 Å². The number of H-pyrrole nitrogens is 2. The number of amides is 3. The molecular formula is C51H79N7O5W2. The summed E-state index contributed by atoms with van der Waals surface area (Å²) >= 11 is 0. The van der Waals surface area contributed by atoms with E-state index in [1.807, 2.05) is 122 Å². The van der Waals surface area contributed by atoms with Gasteiger partial charge in [0.2, 0.25) is 17.7 Å². The first-order valence-electron chi connectivity index (χ1n) is 21.7. The summed E-state index contributed by atoms with van der Waals surface area (Å²) in [4.78, 5) is 68.9. The Hall–Kier alpha value is -3.95. The second-order valence-electron chi connectivity index (χ2n) is 18.9. The Bertz CT molecular complexity index is 2130. The fraction of sp³-hybridized carbons (Fsp3) is 0.510. The van der Waals surface area contributed by atoms with Crippen LogP contribution in [0.2, 0.25) is 0 Å². The molecule has 0 fully saturated rings. The van der Waals surface area contributed by atoms with Gasteiger partial charge in [-0.2, -0.15) is 0 Å². The summed E-state index contributed by atoms with van der Waals surface area (Å²) in [6.45, 7) is 27.2. The van der Waals surface area contributed by atoms with Gasteiger partial charge in [-0.05, 0) is 63.3 Å². The van der Waals surface area contributed by atoms with E-state index in [-0.39, 0.29) is 110 Å². The number of primary amides is 2. The number of nitrogens with two attached hydrogens (primary N) is 2. The maximum absolute atomic E-state index is 13.4. The van der Waals surface area contributed by atoms with E-state index in [4.69, 9.17) is 11.5 Å². The summed E-state index contributed by atoms with van der Waals surface area (Å²) in [7, 11) is 0. The quantitative estimate of drug-likeness (QED) is 0.0430. The van der Waals surface area contributed by atoms with Gasteiger partial charge < -0.3 is 37.4 Å². The minimum absolute atomic E-state index is 0. The number of hydrogen-bond acceptors (Lipinski definition) is 7. The summed E-state index contributed by atoms with van der Waals surface area (Å²) in [6, 6.07) is 15.6. The van der Waals surface area contributed by atoms with Crippen LogP contribution in [-0.4, -0.2) is 69.0 Å². The summed E-state index contributed by atoms with van der Waals surface area (Å²) < 4.78 is 0. The Balaban J connectivity index is 0. The molecule has 0 aliphatic heterocycles. The van der Waals surface area contributed by atoms with E-state index in [9.17, 15) is 24.0 Å². The van der Waals surface area contributed by atoms with Crippen molar-refractivity contribution in [3.05, 3.63) is 97.4 Å². The maximum Gasteiger partial charge on any atom is 0.240 e. The van der Waals surface area contributed by atoms with Gasteiger partial charge in [-0.15, -0.1) is 13.2 Å². The molecule has 2 aromatic heterocycles. The molecule has 0 bridgehead atoms. The molecule has 0 aliphatic rings. The number of para-hydroxylation sites is 2. The Morgan fingerprint density at radius 2 is 1.14 bits per heavy atom. The Morgan fingerprint density at radius 1 is 0.677 bits per heavy atom. The van der Waals surface area contributed by atoms with Gasteiger partial charge in [-0.25, -0.2) is 0 Å². The average molecular weight is 1240 g/mol. The van der Waals surface area contributed by atoms with Gasteiger partial charge in [0.15, 0.2) is 5.78 Å². The first-order chi connectivity index (χ1) is 28.9. The standard InChI is InChI=1S/C24H36N4O3.C24H35N3O2.C2H4.CH4.2W/c1-15(2)28-24(6,12-11-20(25)29)22(31)27-19(21(30)23(3,4)5)13-16-14-26-18-10-8-7-9-17(16)18;1-16(2)27-19(12-13-22(25)28)11-10-17(23(29)24(3,4)5)14-18-15-26-21-9-7-6-8-20(18)21;1-2;;;/h7-10,14-15,19,26,28H,11-13H2,1-6H3,(H2,25,29)(H,27,31);6-11,15-17,19,26-27H,12-14H2,1-5H3,(H2,25,28);1-2H2;1H4;;/b;11-10+;;;;/t19-,24-;17-,19+;;;;/m00..../s1. The number of benzene rings is 2. The first kappa shape index (κ1) is 63.1. The maximum atomic E-state index is 13.4. The van der Waals surface area contributed by atoms with E-state index >= 15 is 0 Å². The van der Waals surface area contributed by atoms with Crippen LogP contribution in [0, 0.1) is 16.7 Å². The van der Waals surface area contributed by atoms with Crippen LogP contribution < -0.4 is 27.4 Å². The summed E-state index contributed by atoms with van der Waals surface area (Å²) in [6.07, 6.45) is 10.2. The predicted octanol–water partition coefficient (Wildman–Crippen LogP) is 8.40. The molecule has 0 saturated heterocycles. The van der Waals surface area contributed by atoms with E-state index in [2.05, 4.69) is 59.0 Å². The minimum atomic E-state index is -1.03. The molecule has 0 spiro atoms. The molecule has 4 atom stereocenters. The van der Waals surface area contributed by atoms with Crippen molar-refractivity contribution in [3.63, 3.8) is 0 Å².